The van der Waals surface area contributed by atoms with E-state index in [1.807, 2.05) is 0 Å². The van der Waals surface area contributed by atoms with Gasteiger partial charge in [0.15, 0.2) is 5.92 Å². The number of nitrogens with zero attached hydrogens (tertiary/aromatic N) is 2. The number of hydrogen-bond donors (Lipinski definition) is 1. The fourth-order valence-corrected chi connectivity index (χ4v) is 3.13. The summed E-state index contributed by atoms with van der Waals surface area (Å²) in [6.07, 6.45) is 6.78. The van der Waals surface area contributed by atoms with Gasteiger partial charge in [-0.15, -0.1) is 0 Å². The molecule has 1 aromatic carbocycles. The predicted molar refractivity (Wildman–Crippen MR) is 113 cm³/mol. The Bertz CT molecular complexity index is 705. The van der Waals surface area contributed by atoms with Gasteiger partial charge in [-0.3, -0.25) is 19.9 Å². The van der Waals surface area contributed by atoms with Gasteiger partial charge in [0.25, 0.3) is 5.91 Å². The molecule has 1 aliphatic rings. The number of anilines is 1. The Hall–Kier alpha value is -2.54. The van der Waals surface area contributed by atoms with Crippen LogP contribution in [0, 0.1) is 11.8 Å². The van der Waals surface area contributed by atoms with Crippen molar-refractivity contribution < 1.29 is 19.1 Å². The molecule has 2 rings (SSSR count). The minimum Gasteiger partial charge on any atom is -0.381 e. The monoisotopic (exact) mass is 401 g/mol. The molecular formula is C22H31N3O4. The number of benzene rings is 1. The van der Waals surface area contributed by atoms with Gasteiger partial charge >= 0.3 is 6.03 Å². The maximum absolute atomic E-state index is 12.6. The van der Waals surface area contributed by atoms with Gasteiger partial charge in [-0.25, -0.2) is 9.69 Å². The van der Waals surface area contributed by atoms with Crippen LogP contribution in [0.3, 0.4) is 0 Å². The molecule has 1 heterocycles. The van der Waals surface area contributed by atoms with Crippen LogP contribution in [0.4, 0.5) is 10.5 Å². The minimum atomic E-state index is -1.10. The molecule has 0 radical (unpaired) electrons. The third kappa shape index (κ3) is 6.78. The summed E-state index contributed by atoms with van der Waals surface area (Å²) in [7, 11) is 0. The van der Waals surface area contributed by atoms with Crippen LogP contribution in [0.5, 0.6) is 0 Å². The van der Waals surface area contributed by atoms with E-state index in [-0.39, 0.29) is 0 Å². The van der Waals surface area contributed by atoms with Crippen LogP contribution in [0.2, 0.25) is 0 Å². The van der Waals surface area contributed by atoms with Gasteiger partial charge in [-0.05, 0) is 30.9 Å². The second kappa shape index (κ2) is 12.1. The molecule has 4 amide bonds. The van der Waals surface area contributed by atoms with Crippen LogP contribution in [0.25, 0.3) is 0 Å². The van der Waals surface area contributed by atoms with Gasteiger partial charge in [0.05, 0.1) is 5.69 Å². The summed E-state index contributed by atoms with van der Waals surface area (Å²) in [4.78, 5) is 41.9. The number of imide groups is 2. The van der Waals surface area contributed by atoms with Crippen LogP contribution in [0.1, 0.15) is 46.0 Å². The Kier molecular flexibility index (Phi) is 9.50. The van der Waals surface area contributed by atoms with Gasteiger partial charge in [-0.1, -0.05) is 51.3 Å². The van der Waals surface area contributed by atoms with Gasteiger partial charge in [0.2, 0.25) is 5.91 Å². The van der Waals surface area contributed by atoms with Crippen molar-refractivity contribution >= 4 is 29.7 Å². The highest BCUT2D eigenvalue weighted by atomic mass is 16.5. The second-order valence-corrected chi connectivity index (χ2v) is 7.18. The SMILES string of the molecule is CCCC[C@@H](CC)COCCCN=CC1C(=O)NC(=O)N(c2ccccc2)C1=O. The Labute approximate surface area is 172 Å². The fourth-order valence-electron chi connectivity index (χ4n) is 3.13. The highest BCUT2D eigenvalue weighted by Gasteiger charge is 2.40. The molecule has 7 nitrogen and oxygen atoms in total. The molecular weight excluding hydrogens is 370 g/mol. The normalized spacial score (nSPS) is 18.3. The lowest BCUT2D eigenvalue weighted by atomic mass is 10.0. The predicted octanol–water partition coefficient (Wildman–Crippen LogP) is 3.58. The molecule has 29 heavy (non-hydrogen) atoms. The van der Waals surface area contributed by atoms with Gasteiger partial charge in [-0.2, -0.15) is 0 Å². The first-order valence-electron chi connectivity index (χ1n) is 10.4. The number of ether oxygens (including phenoxy) is 1. The molecule has 1 N–H and O–H groups in total. The van der Waals surface area contributed by atoms with Crippen molar-refractivity contribution in [1.29, 1.82) is 0 Å². The summed E-state index contributed by atoms with van der Waals surface area (Å²) in [5, 5.41) is 2.22. The molecule has 0 spiro atoms. The van der Waals surface area contributed by atoms with E-state index in [1.54, 1.807) is 30.3 Å². The molecule has 158 valence electrons. The number of carbonyl (C=O) groups excluding carboxylic acids is 3. The van der Waals surface area contributed by atoms with E-state index in [0.717, 1.165) is 17.9 Å². The van der Waals surface area contributed by atoms with E-state index in [4.69, 9.17) is 4.74 Å². The Morgan fingerprint density at radius 3 is 2.62 bits per heavy atom. The number of nitrogens with one attached hydrogen (secondary N) is 1. The molecule has 0 saturated carbocycles. The fraction of sp³-hybridized carbons (Fsp3) is 0.545. The van der Waals surface area contributed by atoms with E-state index in [0.29, 0.717) is 31.2 Å². The molecule has 1 saturated heterocycles. The Balaban J connectivity index is 1.79. The van der Waals surface area contributed by atoms with Crippen molar-refractivity contribution in [3.05, 3.63) is 30.3 Å². The molecule has 0 bridgehead atoms. The largest absolute Gasteiger partial charge is 0.381 e. The van der Waals surface area contributed by atoms with Crippen molar-refractivity contribution in [3.8, 4) is 0 Å². The van der Waals surface area contributed by atoms with E-state index >= 15 is 0 Å². The maximum atomic E-state index is 12.6. The summed E-state index contributed by atoms with van der Waals surface area (Å²) < 4.78 is 5.73. The molecule has 1 aromatic rings. The summed E-state index contributed by atoms with van der Waals surface area (Å²) >= 11 is 0. The van der Waals surface area contributed by atoms with Crippen LogP contribution >= 0.6 is 0 Å². The van der Waals surface area contributed by atoms with Gasteiger partial charge < -0.3 is 4.74 Å². The lowest BCUT2D eigenvalue weighted by Crippen LogP contribution is -2.58. The average molecular weight is 402 g/mol. The summed E-state index contributed by atoms with van der Waals surface area (Å²) in [5.74, 6) is -1.74. The summed E-state index contributed by atoms with van der Waals surface area (Å²) in [6.45, 7) is 6.20. The number of barbiturate groups is 1. The van der Waals surface area contributed by atoms with E-state index in [1.165, 1.54) is 25.5 Å². The van der Waals surface area contributed by atoms with Crippen LogP contribution in [0.15, 0.2) is 35.3 Å². The first-order valence-corrected chi connectivity index (χ1v) is 10.4. The number of aliphatic imine (C=N–C) groups is 1. The highest BCUT2D eigenvalue weighted by molar-refractivity contribution is 6.32. The molecule has 0 aromatic heterocycles. The third-order valence-corrected chi connectivity index (χ3v) is 4.94. The number of hydrogen-bond acceptors (Lipinski definition) is 5. The van der Waals surface area contributed by atoms with Gasteiger partial charge in [0, 0.05) is 26.0 Å². The lowest BCUT2D eigenvalue weighted by Gasteiger charge is -2.28. The number of carbonyl (C=O) groups is 3. The first kappa shape index (κ1) is 22.7. The smallest absolute Gasteiger partial charge is 0.335 e. The Morgan fingerprint density at radius 2 is 1.93 bits per heavy atom. The number of urea groups is 1. The first-order chi connectivity index (χ1) is 14.1. The number of amides is 4. The van der Waals surface area contributed by atoms with Crippen LogP contribution in [-0.4, -0.2) is 43.8 Å². The number of rotatable bonds is 12. The second-order valence-electron chi connectivity index (χ2n) is 7.18. The molecule has 0 aliphatic carbocycles. The maximum Gasteiger partial charge on any atom is 0.335 e. The standard InChI is InChI=1S/C22H31N3O4/c1-3-5-10-17(4-2)16-29-14-9-13-23-15-19-20(26)24-22(28)25(21(19)27)18-11-7-6-8-12-18/h6-8,11-12,15,17,19H,3-5,9-10,13-14,16H2,1-2H3,(H,24,26,28)/t17-,19?/m1/s1. The van der Waals surface area contributed by atoms with Crippen molar-refractivity contribution in [3.63, 3.8) is 0 Å². The van der Waals surface area contributed by atoms with E-state index in [9.17, 15) is 14.4 Å². The van der Waals surface area contributed by atoms with Crippen molar-refractivity contribution in [1.82, 2.24) is 5.32 Å². The van der Waals surface area contributed by atoms with Crippen LogP contribution < -0.4 is 10.2 Å². The molecule has 1 unspecified atom stereocenters. The molecule has 1 fully saturated rings. The zero-order valence-corrected chi connectivity index (χ0v) is 17.3. The van der Waals surface area contributed by atoms with Crippen molar-refractivity contribution in [2.75, 3.05) is 24.7 Å². The number of para-hydroxylation sites is 1. The minimum absolute atomic E-state index is 0.419. The van der Waals surface area contributed by atoms with Gasteiger partial charge in [0.1, 0.15) is 0 Å². The van der Waals surface area contributed by atoms with E-state index < -0.39 is 23.8 Å². The molecule has 2 atom stereocenters. The quantitative estimate of drug-likeness (QED) is 0.329. The van der Waals surface area contributed by atoms with Crippen molar-refractivity contribution in [2.45, 2.75) is 46.0 Å². The molecule has 7 heteroatoms. The topological polar surface area (TPSA) is 88.1 Å². The summed E-state index contributed by atoms with van der Waals surface area (Å²) in [6, 6.07) is 7.78. The number of unbranched alkanes of at least 4 members (excludes halogenated alkanes) is 1. The zero-order valence-electron chi connectivity index (χ0n) is 17.3. The van der Waals surface area contributed by atoms with E-state index in [2.05, 4.69) is 24.2 Å². The molecule has 1 aliphatic heterocycles. The lowest BCUT2D eigenvalue weighted by molar-refractivity contribution is -0.131. The summed E-state index contributed by atoms with van der Waals surface area (Å²) in [5.41, 5.74) is 0.419. The van der Waals surface area contributed by atoms with Crippen molar-refractivity contribution in [2.24, 2.45) is 16.8 Å². The average Bonchev–Trinajstić information content (AvgIpc) is 2.72. The van der Waals surface area contributed by atoms with Crippen LogP contribution in [-0.2, 0) is 14.3 Å². The highest BCUT2D eigenvalue weighted by Crippen LogP contribution is 2.19. The zero-order chi connectivity index (χ0) is 21.1. The third-order valence-electron chi connectivity index (χ3n) is 4.94. The Morgan fingerprint density at radius 1 is 1.17 bits per heavy atom.